The van der Waals surface area contributed by atoms with E-state index in [1.807, 2.05) is 0 Å². The van der Waals surface area contributed by atoms with Gasteiger partial charge in [0.25, 0.3) is 5.56 Å². The highest BCUT2D eigenvalue weighted by Crippen LogP contribution is 2.35. The summed E-state index contributed by atoms with van der Waals surface area (Å²) in [6.45, 7) is 1.26. The Morgan fingerprint density at radius 3 is 2.48 bits per heavy atom. The normalized spacial score (nSPS) is 35.6. The zero-order valence-electron chi connectivity index (χ0n) is 16.2. The third kappa shape index (κ3) is 4.95. The Bertz CT molecular complexity index is 772. The van der Waals surface area contributed by atoms with Crippen molar-refractivity contribution in [3.63, 3.8) is 0 Å². The number of nitrogens with one attached hydrogen (secondary N) is 1. The van der Waals surface area contributed by atoms with Gasteiger partial charge in [0.2, 0.25) is 0 Å². The SMILES string of the molecule is O=c1ccn([C@@H]2O[C@H](COC3CCCCO3)[C@@H](OC3CCCCO3)[C@H]2F)c(=O)[nH]1. The third-order valence-corrected chi connectivity index (χ3v) is 5.42. The molecule has 2 unspecified atom stereocenters. The van der Waals surface area contributed by atoms with E-state index in [0.717, 1.165) is 42.7 Å². The second-order valence-electron chi connectivity index (χ2n) is 7.55. The van der Waals surface area contributed by atoms with Crippen molar-refractivity contribution in [3.8, 4) is 0 Å². The summed E-state index contributed by atoms with van der Waals surface area (Å²) in [5, 5.41) is 0. The van der Waals surface area contributed by atoms with Crippen molar-refractivity contribution in [1.29, 1.82) is 0 Å². The highest BCUT2D eigenvalue weighted by molar-refractivity contribution is 4.94. The molecule has 0 aliphatic carbocycles. The van der Waals surface area contributed by atoms with Gasteiger partial charge in [-0.1, -0.05) is 0 Å². The molecule has 0 amide bonds. The quantitative estimate of drug-likeness (QED) is 0.747. The van der Waals surface area contributed by atoms with Crippen molar-refractivity contribution in [2.45, 2.75) is 75.7 Å². The van der Waals surface area contributed by atoms with Gasteiger partial charge >= 0.3 is 5.69 Å². The lowest BCUT2D eigenvalue weighted by molar-refractivity contribution is -0.220. The van der Waals surface area contributed by atoms with Crippen LogP contribution in [0.3, 0.4) is 0 Å². The summed E-state index contributed by atoms with van der Waals surface area (Å²) in [6, 6.07) is 1.15. The molecule has 3 aliphatic rings. The highest BCUT2D eigenvalue weighted by Gasteiger charge is 2.49. The lowest BCUT2D eigenvalue weighted by Gasteiger charge is -2.29. The molecule has 1 aromatic heterocycles. The lowest BCUT2D eigenvalue weighted by Crippen LogP contribution is -2.41. The molecule has 162 valence electrons. The summed E-state index contributed by atoms with van der Waals surface area (Å²) in [5.41, 5.74) is -1.30. The summed E-state index contributed by atoms with van der Waals surface area (Å²) in [7, 11) is 0. The van der Waals surface area contributed by atoms with E-state index >= 15 is 4.39 Å². The van der Waals surface area contributed by atoms with Crippen LogP contribution in [-0.4, -0.2) is 60.3 Å². The number of nitrogens with zero attached hydrogens (tertiary/aromatic N) is 1. The molecule has 3 saturated heterocycles. The Labute approximate surface area is 167 Å². The van der Waals surface area contributed by atoms with E-state index in [1.54, 1.807) is 0 Å². The molecular weight excluding hydrogens is 387 g/mol. The van der Waals surface area contributed by atoms with Crippen LogP contribution < -0.4 is 11.2 Å². The largest absolute Gasteiger partial charge is 0.353 e. The molecule has 6 atom stereocenters. The van der Waals surface area contributed by atoms with E-state index in [2.05, 4.69) is 4.98 Å². The molecule has 0 radical (unpaired) electrons. The first-order valence-electron chi connectivity index (χ1n) is 10.2. The van der Waals surface area contributed by atoms with Gasteiger partial charge in [-0.25, -0.2) is 9.18 Å². The number of H-pyrrole nitrogens is 1. The predicted molar refractivity (Wildman–Crippen MR) is 98.1 cm³/mol. The van der Waals surface area contributed by atoms with Gasteiger partial charge in [-0.15, -0.1) is 0 Å². The summed E-state index contributed by atoms with van der Waals surface area (Å²) in [4.78, 5) is 25.6. The van der Waals surface area contributed by atoms with Crippen LogP contribution in [0.5, 0.6) is 0 Å². The monoisotopic (exact) mass is 414 g/mol. The Morgan fingerprint density at radius 1 is 1.10 bits per heavy atom. The lowest BCUT2D eigenvalue weighted by atomic mass is 10.1. The summed E-state index contributed by atoms with van der Waals surface area (Å²) < 4.78 is 45.0. The van der Waals surface area contributed by atoms with E-state index in [1.165, 1.54) is 6.20 Å². The van der Waals surface area contributed by atoms with E-state index in [4.69, 9.17) is 23.7 Å². The van der Waals surface area contributed by atoms with Crippen LogP contribution in [0, 0.1) is 0 Å². The first-order chi connectivity index (χ1) is 14.1. The Morgan fingerprint density at radius 2 is 1.83 bits per heavy atom. The second-order valence-corrected chi connectivity index (χ2v) is 7.55. The fourth-order valence-electron chi connectivity index (χ4n) is 3.88. The van der Waals surface area contributed by atoms with E-state index in [0.29, 0.717) is 19.6 Å². The Kier molecular flexibility index (Phi) is 6.76. The second kappa shape index (κ2) is 9.48. The maximum Gasteiger partial charge on any atom is 0.330 e. The predicted octanol–water partition coefficient (Wildman–Crippen LogP) is 1.23. The molecule has 3 aliphatic heterocycles. The van der Waals surface area contributed by atoms with Crippen LogP contribution in [0.1, 0.15) is 44.8 Å². The van der Waals surface area contributed by atoms with E-state index in [-0.39, 0.29) is 12.9 Å². The van der Waals surface area contributed by atoms with Crippen LogP contribution in [-0.2, 0) is 23.7 Å². The molecule has 4 rings (SSSR count). The van der Waals surface area contributed by atoms with Gasteiger partial charge in [0.15, 0.2) is 25.0 Å². The van der Waals surface area contributed by atoms with Crippen LogP contribution in [0.2, 0.25) is 0 Å². The third-order valence-electron chi connectivity index (χ3n) is 5.42. The van der Waals surface area contributed by atoms with Crippen LogP contribution in [0.15, 0.2) is 21.9 Å². The maximum absolute atomic E-state index is 15.3. The molecular formula is C19H27FN2O7. The minimum Gasteiger partial charge on any atom is -0.353 e. The average molecular weight is 414 g/mol. The molecule has 0 bridgehead atoms. The summed E-state index contributed by atoms with van der Waals surface area (Å²) >= 11 is 0. The van der Waals surface area contributed by atoms with Gasteiger partial charge < -0.3 is 23.7 Å². The molecule has 9 nitrogen and oxygen atoms in total. The number of alkyl halides is 1. The van der Waals surface area contributed by atoms with Crippen LogP contribution >= 0.6 is 0 Å². The molecule has 0 spiro atoms. The zero-order chi connectivity index (χ0) is 20.2. The number of aromatic amines is 1. The van der Waals surface area contributed by atoms with Gasteiger partial charge in [0.05, 0.1) is 6.61 Å². The van der Waals surface area contributed by atoms with Gasteiger partial charge in [-0.3, -0.25) is 14.3 Å². The number of aromatic nitrogens is 2. The number of rotatable bonds is 6. The molecule has 29 heavy (non-hydrogen) atoms. The minimum absolute atomic E-state index is 0.0665. The molecule has 1 aromatic rings. The zero-order valence-corrected chi connectivity index (χ0v) is 16.2. The molecule has 3 fully saturated rings. The average Bonchev–Trinajstić information content (AvgIpc) is 3.03. The fourth-order valence-corrected chi connectivity index (χ4v) is 3.88. The van der Waals surface area contributed by atoms with Crippen molar-refractivity contribution in [1.82, 2.24) is 9.55 Å². The number of halogens is 1. The van der Waals surface area contributed by atoms with Gasteiger partial charge in [-0.2, -0.15) is 0 Å². The van der Waals surface area contributed by atoms with Crippen molar-refractivity contribution >= 4 is 0 Å². The Balaban J connectivity index is 1.49. The van der Waals surface area contributed by atoms with Crippen molar-refractivity contribution in [2.75, 3.05) is 19.8 Å². The number of hydrogen-bond donors (Lipinski definition) is 1. The number of hydrogen-bond acceptors (Lipinski definition) is 7. The van der Waals surface area contributed by atoms with Crippen molar-refractivity contribution < 1.29 is 28.1 Å². The van der Waals surface area contributed by atoms with E-state index in [9.17, 15) is 9.59 Å². The maximum atomic E-state index is 15.3. The molecule has 4 heterocycles. The van der Waals surface area contributed by atoms with Gasteiger partial charge in [0, 0.05) is 25.5 Å². The summed E-state index contributed by atoms with van der Waals surface area (Å²) in [5.74, 6) is 0. The molecule has 0 aromatic carbocycles. The standard InChI is InChI=1S/C19H27FN2O7/c20-16-17(29-15-6-2-4-10-26-15)12(11-27-14-5-1-3-9-25-14)28-18(16)22-8-7-13(23)21-19(22)24/h7-8,12,14-18H,1-6,9-11H2,(H,21,23,24)/t12-,14?,15?,16-,17-,18-/m1/s1. The Hall–Kier alpha value is -1.59. The van der Waals surface area contributed by atoms with Crippen LogP contribution in [0.25, 0.3) is 0 Å². The summed E-state index contributed by atoms with van der Waals surface area (Å²) in [6.07, 6.45) is 1.10. The van der Waals surface area contributed by atoms with E-state index < -0.39 is 42.1 Å². The molecule has 1 N–H and O–H groups in total. The fraction of sp³-hybridized carbons (Fsp3) is 0.789. The topological polar surface area (TPSA) is 101 Å². The number of ether oxygens (including phenoxy) is 5. The smallest absolute Gasteiger partial charge is 0.330 e. The minimum atomic E-state index is -1.63. The molecule has 10 heteroatoms. The highest BCUT2D eigenvalue weighted by atomic mass is 19.1. The van der Waals surface area contributed by atoms with Crippen molar-refractivity contribution in [3.05, 3.63) is 33.1 Å². The van der Waals surface area contributed by atoms with Gasteiger partial charge in [-0.05, 0) is 38.5 Å². The van der Waals surface area contributed by atoms with Crippen LogP contribution in [0.4, 0.5) is 4.39 Å². The first kappa shape index (κ1) is 20.7. The van der Waals surface area contributed by atoms with Crippen molar-refractivity contribution in [2.24, 2.45) is 0 Å². The molecule has 0 saturated carbocycles. The van der Waals surface area contributed by atoms with Gasteiger partial charge in [0.1, 0.15) is 12.2 Å². The first-order valence-corrected chi connectivity index (χ1v) is 10.2.